The molecule has 0 aromatic carbocycles. The minimum atomic E-state index is 0. The van der Waals surface area contributed by atoms with E-state index >= 15 is 0 Å². The van der Waals surface area contributed by atoms with E-state index in [1.807, 2.05) is 73.9 Å². The molecule has 6 N–H and O–H groups in total. The van der Waals surface area contributed by atoms with Gasteiger partial charge in [0.15, 0.2) is 0 Å². The Bertz CT molecular complexity index is 70.6. The van der Waals surface area contributed by atoms with Crippen molar-refractivity contribution in [2.75, 3.05) is 62.2 Å². The number of nitrogens with one attached hydrogen (secondary N) is 2. The zero-order chi connectivity index (χ0) is 18.6. The van der Waals surface area contributed by atoms with E-state index in [4.69, 9.17) is 0 Å². The Kier molecular flexibility index (Phi) is 515. The third-order valence-corrected chi connectivity index (χ3v) is 0. The van der Waals surface area contributed by atoms with Crippen molar-refractivity contribution in [2.24, 2.45) is 5.73 Å². The monoisotopic (exact) mass is 456 g/mol. The quantitative estimate of drug-likeness (QED) is 0.206. The molecule has 0 rings (SSSR count). The number of hydrogen-bond acceptors (Lipinski definition) is 6. The summed E-state index contributed by atoms with van der Waals surface area (Å²) in [5, 5.41) is 5.50. The fourth-order valence-corrected chi connectivity index (χ4v) is 0. The molecule has 0 saturated heterocycles. The fraction of sp³-hybridized carbons (Fsp3) is 0.875. The summed E-state index contributed by atoms with van der Waals surface area (Å²) in [4.78, 5) is 2.00. The van der Waals surface area contributed by atoms with Gasteiger partial charge in [0.2, 0.25) is 0 Å². The van der Waals surface area contributed by atoms with Crippen molar-refractivity contribution in [3.63, 3.8) is 0 Å². The van der Waals surface area contributed by atoms with Crippen LogP contribution in [0.1, 0.15) is 34.6 Å². The van der Waals surface area contributed by atoms with Gasteiger partial charge in [-0.15, -0.1) is 0 Å². The van der Waals surface area contributed by atoms with Gasteiger partial charge >= 0.3 is 59.1 Å². The van der Waals surface area contributed by atoms with Crippen molar-refractivity contribution in [3.8, 4) is 0 Å². The van der Waals surface area contributed by atoms with E-state index in [1.54, 1.807) is 0 Å². The summed E-state index contributed by atoms with van der Waals surface area (Å²) in [6.07, 6.45) is 0. The first-order chi connectivity index (χ1) is 9.29. The minimum absolute atomic E-state index is 0. The van der Waals surface area contributed by atoms with Crippen LogP contribution < -0.4 is 75.5 Å². The largest absolute Gasteiger partial charge is 1.00 e. The molecule has 0 atom stereocenters. The van der Waals surface area contributed by atoms with Crippen LogP contribution in [0.5, 0.6) is 0 Å². The summed E-state index contributed by atoms with van der Waals surface area (Å²) in [7, 11) is 15.0. The molecular formula is C16H51BrN4Na2O2-2. The first kappa shape index (κ1) is 80.8. The molecule has 25 heavy (non-hydrogen) atoms. The topological polar surface area (TPSA) is 113 Å². The maximum Gasteiger partial charge on any atom is 1.00 e. The Morgan fingerprint density at radius 2 is 0.720 bits per heavy atom. The molecule has 0 saturated carbocycles. The average Bonchev–Trinajstić information content (AvgIpc) is 2.36. The van der Waals surface area contributed by atoms with Crippen LogP contribution in [0.25, 0.3) is 0 Å². The molecule has 0 radical (unpaired) electrons. The Morgan fingerprint density at radius 3 is 0.720 bits per heavy atom. The molecule has 9 heteroatoms. The Morgan fingerprint density at radius 1 is 0.720 bits per heavy atom. The Labute approximate surface area is 215 Å². The zero-order valence-electron chi connectivity index (χ0n) is 20.8. The van der Waals surface area contributed by atoms with Gasteiger partial charge in [-0.1, -0.05) is 29.8 Å². The van der Waals surface area contributed by atoms with Gasteiger partial charge in [0, 0.05) is 0 Å². The van der Waals surface area contributed by atoms with Gasteiger partial charge in [0.25, 0.3) is 0 Å². The van der Waals surface area contributed by atoms with Gasteiger partial charge in [-0.25, -0.2) is 0 Å². The van der Waals surface area contributed by atoms with Gasteiger partial charge in [-0.2, -0.15) is 20.8 Å². The Hall–Kier alpha value is 2.24. The van der Waals surface area contributed by atoms with Crippen molar-refractivity contribution in [1.82, 2.24) is 15.5 Å². The molecular weight excluding hydrogens is 406 g/mol. The molecule has 0 unspecified atom stereocenters. The molecule has 0 aliphatic heterocycles. The molecule has 0 aromatic heterocycles. The standard InChI is InChI=1S/C4H9.C3H9N.2C2H7N.C2H6.CH3Br.CH5N.CH3.2Na.2H2O/c2*1-4(2)3;2*1-3-2;3*1-2;;;;;/h2*1-3H3;2*3H,1-2H3;1-2H3;1H3;2H2,1H3;1H3;;;2*1H2/q-1;;;;;;;-1;2*+1;;/p-2. The molecule has 0 amide bonds. The van der Waals surface area contributed by atoms with Crippen LogP contribution in [0, 0.1) is 13.3 Å². The van der Waals surface area contributed by atoms with Crippen LogP contribution in [0.3, 0.4) is 0 Å². The van der Waals surface area contributed by atoms with Crippen molar-refractivity contribution < 1.29 is 70.1 Å². The van der Waals surface area contributed by atoms with Crippen molar-refractivity contribution in [3.05, 3.63) is 13.3 Å². The summed E-state index contributed by atoms with van der Waals surface area (Å²) in [5.74, 6) is 3.23. The molecule has 0 aliphatic carbocycles. The predicted molar refractivity (Wildman–Crippen MR) is 116 cm³/mol. The van der Waals surface area contributed by atoms with Gasteiger partial charge < -0.3 is 45.6 Å². The van der Waals surface area contributed by atoms with Gasteiger partial charge in [0.05, 0.1) is 0 Å². The minimum Gasteiger partial charge on any atom is -0.870 e. The second-order valence-corrected chi connectivity index (χ2v) is 3.84. The molecule has 0 bridgehead atoms. The molecule has 6 nitrogen and oxygen atoms in total. The smallest absolute Gasteiger partial charge is 0.870 e. The van der Waals surface area contributed by atoms with Crippen LogP contribution in [0.4, 0.5) is 0 Å². The van der Waals surface area contributed by atoms with Crippen LogP contribution in [0.2, 0.25) is 0 Å². The summed E-state index contributed by atoms with van der Waals surface area (Å²) in [6, 6.07) is 0. The average molecular weight is 457 g/mol. The van der Waals surface area contributed by atoms with Crippen LogP contribution >= 0.6 is 15.9 Å². The molecule has 0 aromatic rings. The summed E-state index contributed by atoms with van der Waals surface area (Å²) in [6.45, 7) is 10.3. The fourth-order valence-electron chi connectivity index (χ4n) is 0. The second-order valence-electron chi connectivity index (χ2n) is 3.84. The van der Waals surface area contributed by atoms with E-state index in [9.17, 15) is 0 Å². The van der Waals surface area contributed by atoms with E-state index in [0.717, 1.165) is 0 Å². The van der Waals surface area contributed by atoms with Gasteiger partial charge in [-0.3, -0.25) is 0 Å². The van der Waals surface area contributed by atoms with Crippen molar-refractivity contribution in [2.45, 2.75) is 34.6 Å². The number of hydrogen-bond donors (Lipinski definition) is 3. The SMILES string of the molecule is CBr.CC.CN.CN(C)C.CNC.CNC.C[C-](C)C.[CH3-].[Na+].[Na+].[OH-].[OH-]. The van der Waals surface area contributed by atoms with Crippen molar-refractivity contribution >= 4 is 15.9 Å². The molecule has 0 aliphatic rings. The summed E-state index contributed by atoms with van der Waals surface area (Å²) in [5.41, 5.74) is 4.50. The summed E-state index contributed by atoms with van der Waals surface area (Å²) < 4.78 is 0. The third kappa shape index (κ3) is 3070. The third-order valence-electron chi connectivity index (χ3n) is 0. The van der Waals surface area contributed by atoms with E-state index in [2.05, 4.69) is 53.1 Å². The van der Waals surface area contributed by atoms with Crippen LogP contribution in [-0.2, 0) is 0 Å². The molecule has 0 spiro atoms. The zero-order valence-corrected chi connectivity index (χ0v) is 26.4. The van der Waals surface area contributed by atoms with Crippen molar-refractivity contribution in [1.29, 1.82) is 0 Å². The normalized spacial score (nSPS) is 5.04. The molecule has 158 valence electrons. The first-order valence-electron chi connectivity index (χ1n) is 6.80. The maximum atomic E-state index is 4.50. The van der Waals surface area contributed by atoms with E-state index in [-0.39, 0.29) is 77.5 Å². The number of nitrogens with two attached hydrogens (primary N) is 1. The van der Waals surface area contributed by atoms with E-state index in [0.29, 0.717) is 0 Å². The second kappa shape index (κ2) is 159. The predicted octanol–water partition coefficient (Wildman–Crippen LogP) is -2.81. The molecule has 0 heterocycles. The molecule has 0 fully saturated rings. The maximum absolute atomic E-state index is 4.50. The van der Waals surface area contributed by atoms with Crippen LogP contribution in [-0.4, -0.2) is 78.1 Å². The van der Waals surface area contributed by atoms with Gasteiger partial charge in [0.1, 0.15) is 0 Å². The summed E-state index contributed by atoms with van der Waals surface area (Å²) >= 11 is 2.94. The van der Waals surface area contributed by atoms with Crippen LogP contribution in [0.15, 0.2) is 0 Å². The van der Waals surface area contributed by atoms with Gasteiger partial charge in [-0.05, 0) is 62.2 Å². The first-order valence-corrected chi connectivity index (χ1v) is 8.38. The number of halogens is 1. The van der Waals surface area contributed by atoms with E-state index in [1.165, 1.54) is 13.0 Å². The number of nitrogens with zero attached hydrogens (tertiary/aromatic N) is 1. The number of alkyl halides is 1. The Balaban J connectivity index is -0.00000000777. The number of rotatable bonds is 0. The van der Waals surface area contributed by atoms with E-state index < -0.39 is 0 Å².